The summed E-state index contributed by atoms with van der Waals surface area (Å²) in [7, 11) is 0. The normalized spacial score (nSPS) is 14.0. The molecule has 0 aliphatic rings. The third-order valence-electron chi connectivity index (χ3n) is 2.08. The number of imide groups is 1. The zero-order chi connectivity index (χ0) is 12.1. The Balaban J connectivity index is 4.18. The first kappa shape index (κ1) is 13.4. The van der Waals surface area contributed by atoms with Crippen molar-refractivity contribution in [1.82, 2.24) is 10.6 Å². The van der Waals surface area contributed by atoms with Crippen LogP contribution in [0.5, 0.6) is 0 Å². The highest BCUT2D eigenvalue weighted by molar-refractivity contribution is 5.94. The van der Waals surface area contributed by atoms with Gasteiger partial charge in [-0.15, -0.1) is 0 Å². The van der Waals surface area contributed by atoms with Crippen LogP contribution in [0.3, 0.4) is 0 Å². The van der Waals surface area contributed by atoms with Crippen molar-refractivity contribution in [2.45, 2.75) is 25.8 Å². The van der Waals surface area contributed by atoms with Gasteiger partial charge >= 0.3 is 12.0 Å². The van der Waals surface area contributed by atoms with Crippen LogP contribution in [0.1, 0.15) is 20.3 Å². The van der Waals surface area contributed by atoms with E-state index in [4.69, 9.17) is 10.8 Å². The predicted octanol–water partition coefficient (Wildman–Crippen LogP) is -0.976. The average Bonchev–Trinajstić information content (AvgIpc) is 2.12. The van der Waals surface area contributed by atoms with Gasteiger partial charge in [0.05, 0.1) is 6.54 Å². The fourth-order valence-electron chi connectivity index (χ4n) is 0.809. The minimum absolute atomic E-state index is 0.278. The Kier molecular flexibility index (Phi) is 4.72. The Labute approximate surface area is 87.0 Å². The largest absolute Gasteiger partial charge is 0.480 e. The predicted molar refractivity (Wildman–Crippen MR) is 52.1 cm³/mol. The van der Waals surface area contributed by atoms with E-state index in [2.05, 4.69) is 5.32 Å². The second-order valence-electron chi connectivity index (χ2n) is 3.26. The smallest absolute Gasteiger partial charge is 0.323 e. The van der Waals surface area contributed by atoms with Crippen molar-refractivity contribution in [3.05, 3.63) is 0 Å². The van der Waals surface area contributed by atoms with Crippen molar-refractivity contribution in [3.63, 3.8) is 0 Å². The first-order valence-corrected chi connectivity index (χ1v) is 4.39. The third-order valence-corrected chi connectivity index (χ3v) is 2.08. The van der Waals surface area contributed by atoms with Gasteiger partial charge in [0.2, 0.25) is 5.91 Å². The first-order valence-electron chi connectivity index (χ1n) is 4.39. The van der Waals surface area contributed by atoms with Crippen molar-refractivity contribution < 1.29 is 19.5 Å². The molecule has 0 saturated heterocycles. The van der Waals surface area contributed by atoms with E-state index in [0.717, 1.165) is 0 Å². The summed E-state index contributed by atoms with van der Waals surface area (Å²) in [6.45, 7) is 2.85. The van der Waals surface area contributed by atoms with Crippen molar-refractivity contribution in [3.8, 4) is 0 Å². The molecular formula is C8H15N3O4. The summed E-state index contributed by atoms with van der Waals surface area (Å²) >= 11 is 0. The maximum absolute atomic E-state index is 11.0. The van der Waals surface area contributed by atoms with Crippen LogP contribution in [-0.4, -0.2) is 35.1 Å². The van der Waals surface area contributed by atoms with Gasteiger partial charge in [-0.3, -0.25) is 20.2 Å². The summed E-state index contributed by atoms with van der Waals surface area (Å²) in [4.78, 5) is 32.1. The minimum Gasteiger partial charge on any atom is -0.480 e. The molecule has 86 valence electrons. The van der Waals surface area contributed by atoms with E-state index in [-0.39, 0.29) is 6.54 Å². The van der Waals surface area contributed by atoms with Crippen LogP contribution in [-0.2, 0) is 9.59 Å². The lowest BCUT2D eigenvalue weighted by atomic mass is 9.99. The molecule has 0 aliphatic carbocycles. The second-order valence-corrected chi connectivity index (χ2v) is 3.26. The van der Waals surface area contributed by atoms with Gasteiger partial charge in [0.1, 0.15) is 5.54 Å². The van der Waals surface area contributed by atoms with Gasteiger partial charge in [-0.05, 0) is 13.3 Å². The third kappa shape index (κ3) is 4.41. The average molecular weight is 217 g/mol. The summed E-state index contributed by atoms with van der Waals surface area (Å²) in [5.41, 5.74) is 3.52. The molecule has 0 spiro atoms. The quantitative estimate of drug-likeness (QED) is 0.471. The fraction of sp³-hybridized carbons (Fsp3) is 0.625. The lowest BCUT2D eigenvalue weighted by molar-refractivity contribution is -0.144. The van der Waals surface area contributed by atoms with Crippen LogP contribution in [0.15, 0.2) is 0 Å². The molecule has 1 atom stereocenters. The van der Waals surface area contributed by atoms with Crippen molar-refractivity contribution >= 4 is 17.9 Å². The van der Waals surface area contributed by atoms with E-state index in [1.165, 1.54) is 6.92 Å². The molecule has 0 rings (SSSR count). The summed E-state index contributed by atoms with van der Waals surface area (Å²) < 4.78 is 0. The van der Waals surface area contributed by atoms with Crippen LogP contribution in [0.25, 0.3) is 0 Å². The highest BCUT2D eigenvalue weighted by Crippen LogP contribution is 2.08. The first-order chi connectivity index (χ1) is 6.81. The number of nitrogens with one attached hydrogen (secondary N) is 2. The lowest BCUT2D eigenvalue weighted by Gasteiger charge is -2.23. The van der Waals surface area contributed by atoms with Gasteiger partial charge in [0.25, 0.3) is 0 Å². The molecule has 7 heteroatoms. The summed E-state index contributed by atoms with van der Waals surface area (Å²) in [6.07, 6.45) is 0.312. The zero-order valence-electron chi connectivity index (χ0n) is 8.66. The molecule has 1 unspecified atom stereocenters. The number of hydrogen-bond donors (Lipinski definition) is 4. The Hall–Kier alpha value is -1.63. The highest BCUT2D eigenvalue weighted by Gasteiger charge is 2.30. The molecule has 0 aromatic carbocycles. The molecule has 5 N–H and O–H groups in total. The molecule has 0 aromatic rings. The van der Waals surface area contributed by atoms with Crippen LogP contribution < -0.4 is 16.4 Å². The number of rotatable bonds is 5. The van der Waals surface area contributed by atoms with Crippen LogP contribution >= 0.6 is 0 Å². The minimum atomic E-state index is -1.19. The number of carboxylic acids is 1. The SMILES string of the molecule is CCC(C)(NCC(=O)NC(N)=O)C(=O)O. The lowest BCUT2D eigenvalue weighted by Crippen LogP contribution is -2.53. The molecule has 3 amide bonds. The van der Waals surface area contributed by atoms with E-state index < -0.39 is 23.4 Å². The Morgan fingerprint density at radius 1 is 1.40 bits per heavy atom. The van der Waals surface area contributed by atoms with E-state index >= 15 is 0 Å². The molecule has 15 heavy (non-hydrogen) atoms. The van der Waals surface area contributed by atoms with Crippen LogP contribution in [0.2, 0.25) is 0 Å². The number of hydrogen-bond acceptors (Lipinski definition) is 4. The molecule has 0 fully saturated rings. The van der Waals surface area contributed by atoms with Gasteiger partial charge in [0.15, 0.2) is 0 Å². The molecule has 7 nitrogen and oxygen atoms in total. The number of amides is 3. The molecule has 0 aliphatic heterocycles. The van der Waals surface area contributed by atoms with Gasteiger partial charge in [0, 0.05) is 0 Å². The zero-order valence-corrected chi connectivity index (χ0v) is 8.66. The molecular weight excluding hydrogens is 202 g/mol. The van der Waals surface area contributed by atoms with E-state index in [9.17, 15) is 14.4 Å². The topological polar surface area (TPSA) is 122 Å². The van der Waals surface area contributed by atoms with Crippen LogP contribution in [0.4, 0.5) is 4.79 Å². The molecule has 0 aromatic heterocycles. The second kappa shape index (κ2) is 5.30. The van der Waals surface area contributed by atoms with Gasteiger partial charge in [-0.1, -0.05) is 6.92 Å². The molecule has 0 radical (unpaired) electrons. The summed E-state index contributed by atoms with van der Waals surface area (Å²) in [6, 6.07) is -0.963. The number of carbonyl (C=O) groups is 3. The fourth-order valence-corrected chi connectivity index (χ4v) is 0.809. The van der Waals surface area contributed by atoms with Gasteiger partial charge in [-0.25, -0.2) is 4.79 Å². The number of nitrogens with two attached hydrogens (primary N) is 1. The van der Waals surface area contributed by atoms with E-state index in [0.29, 0.717) is 6.42 Å². The molecule has 0 saturated carbocycles. The van der Waals surface area contributed by atoms with Gasteiger partial charge < -0.3 is 10.8 Å². The Bertz CT molecular complexity index is 279. The summed E-state index contributed by atoms with van der Waals surface area (Å²) in [5.74, 6) is -1.72. The maximum Gasteiger partial charge on any atom is 0.323 e. The summed E-state index contributed by atoms with van der Waals surface area (Å²) in [5, 5.41) is 13.2. The monoisotopic (exact) mass is 217 g/mol. The van der Waals surface area contributed by atoms with E-state index in [1.54, 1.807) is 6.92 Å². The van der Waals surface area contributed by atoms with Crippen LogP contribution in [0, 0.1) is 0 Å². The molecule has 0 bridgehead atoms. The standard InChI is InChI=1S/C8H15N3O4/c1-3-8(2,6(13)14)10-4-5(12)11-7(9)15/h10H,3-4H2,1-2H3,(H,13,14)(H3,9,11,12,15). The van der Waals surface area contributed by atoms with Crippen molar-refractivity contribution in [2.24, 2.45) is 5.73 Å². The van der Waals surface area contributed by atoms with Gasteiger partial charge in [-0.2, -0.15) is 0 Å². The Morgan fingerprint density at radius 2 is 1.93 bits per heavy atom. The number of aliphatic carboxylic acids is 1. The number of primary amides is 1. The number of urea groups is 1. The molecule has 0 heterocycles. The number of carbonyl (C=O) groups excluding carboxylic acids is 2. The van der Waals surface area contributed by atoms with Crippen molar-refractivity contribution in [1.29, 1.82) is 0 Å². The maximum atomic E-state index is 11.0. The highest BCUT2D eigenvalue weighted by atomic mass is 16.4. The Morgan fingerprint density at radius 3 is 2.27 bits per heavy atom. The number of carboxylic acid groups (broad SMARTS) is 1. The van der Waals surface area contributed by atoms with Crippen molar-refractivity contribution in [2.75, 3.05) is 6.54 Å². The van der Waals surface area contributed by atoms with E-state index in [1.807, 2.05) is 5.32 Å².